The van der Waals surface area contributed by atoms with Gasteiger partial charge < -0.3 is 14.4 Å². The number of nitrogens with zero attached hydrogens (tertiary/aromatic N) is 5. The summed E-state index contributed by atoms with van der Waals surface area (Å²) in [5.74, 6) is 2.92. The second-order valence-electron chi connectivity index (χ2n) is 6.16. The van der Waals surface area contributed by atoms with Crippen LogP contribution in [0.25, 0.3) is 11.0 Å². The molecule has 4 rings (SSSR count). The topological polar surface area (TPSA) is 90.3 Å². The van der Waals surface area contributed by atoms with E-state index in [4.69, 9.17) is 21.1 Å². The summed E-state index contributed by atoms with van der Waals surface area (Å²) in [7, 11) is 0.835. The first-order chi connectivity index (χ1) is 13.6. The molecular weight excluding hydrogens is 402 g/mol. The van der Waals surface area contributed by atoms with E-state index in [1.54, 1.807) is 7.11 Å². The minimum atomic E-state index is -0.789. The summed E-state index contributed by atoms with van der Waals surface area (Å²) < 4.78 is 22.7. The molecule has 1 aliphatic heterocycles. The highest BCUT2D eigenvalue weighted by atomic mass is 35.5. The molecule has 0 aliphatic carbocycles. The third kappa shape index (κ3) is 4.00. The Kier molecular flexibility index (Phi) is 5.54. The number of fused-ring (bicyclic) bond motifs is 1. The molecule has 0 saturated carbocycles. The average Bonchev–Trinajstić information content (AvgIpc) is 2.72. The minimum Gasteiger partial charge on any atom is -0.497 e. The van der Waals surface area contributed by atoms with E-state index in [2.05, 4.69) is 19.9 Å². The van der Waals surface area contributed by atoms with Crippen LogP contribution in [-0.2, 0) is 17.4 Å². The van der Waals surface area contributed by atoms with Crippen molar-refractivity contribution in [3.63, 3.8) is 0 Å². The van der Waals surface area contributed by atoms with Crippen LogP contribution in [0.4, 0.5) is 5.82 Å². The average molecular weight is 420 g/mol. The van der Waals surface area contributed by atoms with Gasteiger partial charge in [0.25, 0.3) is 0 Å². The summed E-state index contributed by atoms with van der Waals surface area (Å²) >= 11 is 6.16. The van der Waals surface area contributed by atoms with Crippen LogP contribution in [0, 0.1) is 0 Å². The number of hydrogen-bond donors (Lipinski definition) is 0. The Morgan fingerprint density at radius 3 is 2.57 bits per heavy atom. The minimum absolute atomic E-state index is 0.0956. The van der Waals surface area contributed by atoms with Crippen LogP contribution in [0.1, 0.15) is 5.56 Å². The van der Waals surface area contributed by atoms with Crippen molar-refractivity contribution >= 4 is 39.3 Å². The van der Waals surface area contributed by atoms with E-state index in [-0.39, 0.29) is 5.28 Å². The highest BCUT2D eigenvalue weighted by Gasteiger charge is 2.22. The number of ether oxygens (including phenoxy) is 2. The van der Waals surface area contributed by atoms with Gasteiger partial charge in [0.05, 0.1) is 7.11 Å². The molecule has 0 unspecified atom stereocenters. The molecular formula is C18H18ClN5O3S. The molecule has 0 spiro atoms. The smallest absolute Gasteiger partial charge is 0.244 e. The van der Waals surface area contributed by atoms with Crippen molar-refractivity contribution in [3.8, 4) is 11.6 Å². The summed E-state index contributed by atoms with van der Waals surface area (Å²) in [6, 6.07) is 7.58. The SMILES string of the molecule is COc1ccc(COc2ncnc3c(N4CCS(=O)CC4)nc(Cl)nc23)cc1. The molecule has 1 aromatic carbocycles. The van der Waals surface area contributed by atoms with Crippen LogP contribution in [0.15, 0.2) is 30.6 Å². The van der Waals surface area contributed by atoms with Crippen molar-refractivity contribution in [3.05, 3.63) is 41.4 Å². The van der Waals surface area contributed by atoms with Crippen LogP contribution < -0.4 is 14.4 Å². The fourth-order valence-electron chi connectivity index (χ4n) is 2.93. The fraction of sp³-hybridized carbons (Fsp3) is 0.333. The Morgan fingerprint density at radius 2 is 1.86 bits per heavy atom. The highest BCUT2D eigenvalue weighted by Crippen LogP contribution is 2.29. The molecule has 0 atom stereocenters. The standard InChI is InChI=1S/C18H18ClN5O3S/c1-26-13-4-2-12(3-5-13)10-27-17-15-14(20-11-21-17)16(23-18(19)22-15)24-6-8-28(25)9-7-24/h2-5,11H,6-10H2,1H3. The monoisotopic (exact) mass is 419 g/mol. The number of halogens is 1. The lowest BCUT2D eigenvalue weighted by atomic mass is 10.2. The van der Waals surface area contributed by atoms with Gasteiger partial charge in [-0.25, -0.2) is 9.97 Å². The maximum atomic E-state index is 11.7. The van der Waals surface area contributed by atoms with Crippen LogP contribution in [-0.4, -0.2) is 55.8 Å². The van der Waals surface area contributed by atoms with Crippen molar-refractivity contribution in [2.75, 3.05) is 36.6 Å². The predicted octanol–water partition coefficient (Wildman–Crippen LogP) is 2.23. The third-order valence-corrected chi connectivity index (χ3v) is 5.86. The summed E-state index contributed by atoms with van der Waals surface area (Å²) in [5.41, 5.74) is 1.99. The number of methoxy groups -OCH3 is 1. The summed E-state index contributed by atoms with van der Waals surface area (Å²) in [6.07, 6.45) is 1.43. The second kappa shape index (κ2) is 8.24. The molecule has 3 heterocycles. The lowest BCUT2D eigenvalue weighted by Crippen LogP contribution is -2.38. The van der Waals surface area contributed by atoms with Crippen LogP contribution >= 0.6 is 11.6 Å². The highest BCUT2D eigenvalue weighted by molar-refractivity contribution is 7.85. The zero-order valence-electron chi connectivity index (χ0n) is 15.2. The van der Waals surface area contributed by atoms with Crippen LogP contribution in [0.5, 0.6) is 11.6 Å². The Morgan fingerprint density at radius 1 is 1.11 bits per heavy atom. The van der Waals surface area contributed by atoms with E-state index in [0.29, 0.717) is 53.9 Å². The fourth-order valence-corrected chi connectivity index (χ4v) is 4.15. The summed E-state index contributed by atoms with van der Waals surface area (Å²) in [4.78, 5) is 19.2. The first kappa shape index (κ1) is 18.8. The van der Waals surface area contributed by atoms with E-state index in [1.165, 1.54) is 6.33 Å². The predicted molar refractivity (Wildman–Crippen MR) is 108 cm³/mol. The molecule has 8 nitrogen and oxygen atoms in total. The van der Waals surface area contributed by atoms with Gasteiger partial charge in [0.1, 0.15) is 24.2 Å². The van der Waals surface area contributed by atoms with Crippen molar-refractivity contribution in [2.24, 2.45) is 0 Å². The van der Waals surface area contributed by atoms with Crippen LogP contribution in [0.3, 0.4) is 0 Å². The van der Waals surface area contributed by atoms with Crippen molar-refractivity contribution in [2.45, 2.75) is 6.61 Å². The molecule has 1 fully saturated rings. The molecule has 10 heteroatoms. The van der Waals surface area contributed by atoms with Crippen molar-refractivity contribution in [1.29, 1.82) is 0 Å². The Hall–Kier alpha value is -2.52. The van der Waals surface area contributed by atoms with Gasteiger partial charge in [-0.3, -0.25) is 4.21 Å². The molecule has 3 aromatic rings. The lowest BCUT2D eigenvalue weighted by molar-refractivity contribution is 0.296. The van der Waals surface area contributed by atoms with E-state index in [0.717, 1.165) is 11.3 Å². The summed E-state index contributed by atoms with van der Waals surface area (Å²) in [5, 5.41) is 0.0956. The van der Waals surface area contributed by atoms with Gasteiger partial charge in [-0.2, -0.15) is 9.97 Å². The molecule has 0 N–H and O–H groups in total. The third-order valence-electron chi connectivity index (χ3n) is 4.41. The number of anilines is 1. The van der Waals surface area contributed by atoms with Gasteiger partial charge in [-0.05, 0) is 29.3 Å². The quantitative estimate of drug-likeness (QED) is 0.581. The largest absolute Gasteiger partial charge is 0.497 e. The number of benzene rings is 1. The van der Waals surface area contributed by atoms with Gasteiger partial charge in [0.2, 0.25) is 11.2 Å². The normalized spacial score (nSPS) is 15.0. The van der Waals surface area contributed by atoms with E-state index < -0.39 is 10.8 Å². The van der Waals surface area contributed by atoms with Gasteiger partial charge >= 0.3 is 0 Å². The maximum Gasteiger partial charge on any atom is 0.244 e. The lowest BCUT2D eigenvalue weighted by Gasteiger charge is -2.27. The van der Waals surface area contributed by atoms with Crippen molar-refractivity contribution < 1.29 is 13.7 Å². The first-order valence-corrected chi connectivity index (χ1v) is 10.5. The second-order valence-corrected chi connectivity index (χ2v) is 8.20. The Bertz CT molecular complexity index is 1010. The van der Waals surface area contributed by atoms with E-state index in [1.807, 2.05) is 29.2 Å². The molecule has 0 bridgehead atoms. The molecule has 2 aromatic heterocycles. The molecule has 1 saturated heterocycles. The summed E-state index contributed by atoms with van der Waals surface area (Å²) in [6.45, 7) is 1.57. The van der Waals surface area contributed by atoms with E-state index in [9.17, 15) is 4.21 Å². The zero-order chi connectivity index (χ0) is 19.5. The number of aromatic nitrogens is 4. The number of hydrogen-bond acceptors (Lipinski definition) is 8. The Balaban J connectivity index is 1.63. The molecule has 0 amide bonds. The first-order valence-electron chi connectivity index (χ1n) is 8.68. The maximum absolute atomic E-state index is 11.7. The van der Waals surface area contributed by atoms with Gasteiger partial charge in [0.15, 0.2) is 11.3 Å². The van der Waals surface area contributed by atoms with Gasteiger partial charge in [0, 0.05) is 35.4 Å². The van der Waals surface area contributed by atoms with Crippen molar-refractivity contribution in [1.82, 2.24) is 19.9 Å². The molecule has 1 aliphatic rings. The van der Waals surface area contributed by atoms with Gasteiger partial charge in [-0.15, -0.1) is 0 Å². The molecule has 0 radical (unpaired) electrons. The molecule has 28 heavy (non-hydrogen) atoms. The van der Waals surface area contributed by atoms with E-state index >= 15 is 0 Å². The van der Waals surface area contributed by atoms with Gasteiger partial charge in [-0.1, -0.05) is 12.1 Å². The molecule has 146 valence electrons. The zero-order valence-corrected chi connectivity index (χ0v) is 16.7. The number of rotatable bonds is 5. The Labute approximate surface area is 169 Å². The van der Waals surface area contributed by atoms with Crippen LogP contribution in [0.2, 0.25) is 5.28 Å².